The molecule has 100 valence electrons. The van der Waals surface area contributed by atoms with Gasteiger partial charge < -0.3 is 14.8 Å². The van der Waals surface area contributed by atoms with Gasteiger partial charge in [0.05, 0.1) is 6.42 Å². The molecule has 4 heteroatoms. The van der Waals surface area contributed by atoms with Crippen molar-refractivity contribution in [2.75, 3.05) is 33.2 Å². The van der Waals surface area contributed by atoms with Crippen LogP contribution < -0.4 is 0 Å². The van der Waals surface area contributed by atoms with Gasteiger partial charge in [-0.2, -0.15) is 0 Å². The van der Waals surface area contributed by atoms with Crippen LogP contribution in [0.5, 0.6) is 0 Å². The number of carbonyl (C=O) groups excluding carboxylic acids is 1. The topological polar surface area (TPSA) is 39.3 Å². The van der Waals surface area contributed by atoms with Gasteiger partial charge in [0.25, 0.3) is 0 Å². The predicted molar refractivity (Wildman–Crippen MR) is 76.1 cm³/mol. The number of aromatic amines is 1. The third-order valence-electron chi connectivity index (χ3n) is 3.83. The van der Waals surface area contributed by atoms with Crippen LogP contribution in [0.15, 0.2) is 30.5 Å². The summed E-state index contributed by atoms with van der Waals surface area (Å²) < 4.78 is 0. The van der Waals surface area contributed by atoms with Crippen molar-refractivity contribution in [3.8, 4) is 0 Å². The fourth-order valence-corrected chi connectivity index (χ4v) is 2.55. The highest BCUT2D eigenvalue weighted by atomic mass is 16.2. The number of aromatic nitrogens is 1. The Morgan fingerprint density at radius 2 is 2.00 bits per heavy atom. The molecule has 1 amide bonds. The molecule has 0 saturated carbocycles. The zero-order valence-electron chi connectivity index (χ0n) is 11.2. The molecule has 1 aliphatic heterocycles. The van der Waals surface area contributed by atoms with Crippen LogP contribution in [0.25, 0.3) is 10.9 Å². The standard InChI is InChI=1S/C15H19N3O/c1-17-6-8-18(9-7-17)15(19)11-12-2-3-14-13(10-12)4-5-16-14/h2-5,10,16H,6-9,11H2,1H3. The van der Waals surface area contributed by atoms with Gasteiger partial charge in [-0.25, -0.2) is 0 Å². The molecule has 0 bridgehead atoms. The van der Waals surface area contributed by atoms with Gasteiger partial charge in [-0.3, -0.25) is 4.79 Å². The van der Waals surface area contributed by atoms with Gasteiger partial charge in [0, 0.05) is 37.9 Å². The molecule has 1 aliphatic rings. The Labute approximate surface area is 113 Å². The molecule has 4 nitrogen and oxygen atoms in total. The SMILES string of the molecule is CN1CCN(C(=O)Cc2ccc3[nH]ccc3c2)CC1. The number of nitrogens with zero attached hydrogens (tertiary/aromatic N) is 2. The number of nitrogens with one attached hydrogen (secondary N) is 1. The first kappa shape index (κ1) is 12.2. The number of amides is 1. The first-order valence-corrected chi connectivity index (χ1v) is 6.75. The lowest BCUT2D eigenvalue weighted by molar-refractivity contribution is -0.132. The second-order valence-corrected chi connectivity index (χ2v) is 5.26. The Kier molecular flexibility index (Phi) is 3.25. The molecule has 2 aromatic rings. The maximum Gasteiger partial charge on any atom is 0.227 e. The van der Waals surface area contributed by atoms with E-state index in [0.717, 1.165) is 37.3 Å². The molecule has 0 spiro atoms. The molecule has 1 N–H and O–H groups in total. The van der Waals surface area contributed by atoms with Gasteiger partial charge in [0.2, 0.25) is 5.91 Å². The average Bonchev–Trinajstić information content (AvgIpc) is 2.87. The number of carbonyl (C=O) groups is 1. The predicted octanol–water partition coefficient (Wildman–Crippen LogP) is 1.48. The number of fused-ring (bicyclic) bond motifs is 1. The van der Waals surface area contributed by atoms with E-state index in [1.807, 2.05) is 29.3 Å². The van der Waals surface area contributed by atoms with Crippen LogP contribution in [0, 0.1) is 0 Å². The summed E-state index contributed by atoms with van der Waals surface area (Å²) in [5, 5.41) is 1.17. The van der Waals surface area contributed by atoms with Crippen LogP contribution >= 0.6 is 0 Å². The van der Waals surface area contributed by atoms with Crippen LogP contribution in [0.1, 0.15) is 5.56 Å². The van der Waals surface area contributed by atoms with E-state index in [1.165, 1.54) is 5.39 Å². The summed E-state index contributed by atoms with van der Waals surface area (Å²) in [4.78, 5) is 19.6. The Hall–Kier alpha value is -1.81. The van der Waals surface area contributed by atoms with Gasteiger partial charge in [-0.1, -0.05) is 6.07 Å². The van der Waals surface area contributed by atoms with E-state index in [2.05, 4.69) is 23.0 Å². The third kappa shape index (κ3) is 2.63. The number of likely N-dealkylation sites (N-methyl/N-ethyl adjacent to an activating group) is 1. The van der Waals surface area contributed by atoms with E-state index in [0.29, 0.717) is 6.42 Å². The molecule has 1 saturated heterocycles. The van der Waals surface area contributed by atoms with Crippen molar-refractivity contribution in [2.45, 2.75) is 6.42 Å². The molecule has 3 rings (SSSR count). The minimum atomic E-state index is 0.239. The molecule has 1 fully saturated rings. The summed E-state index contributed by atoms with van der Waals surface area (Å²) in [5.74, 6) is 0.239. The van der Waals surface area contributed by atoms with Crippen LogP contribution in [-0.4, -0.2) is 53.9 Å². The van der Waals surface area contributed by atoms with Crippen LogP contribution in [0.2, 0.25) is 0 Å². The van der Waals surface area contributed by atoms with E-state index in [9.17, 15) is 4.79 Å². The molecule has 0 atom stereocenters. The van der Waals surface area contributed by atoms with E-state index in [-0.39, 0.29) is 5.91 Å². The van der Waals surface area contributed by atoms with Crippen molar-refractivity contribution < 1.29 is 4.79 Å². The molecule has 1 aromatic heterocycles. The number of piperazine rings is 1. The van der Waals surface area contributed by atoms with Crippen molar-refractivity contribution in [1.29, 1.82) is 0 Å². The maximum atomic E-state index is 12.2. The summed E-state index contributed by atoms with van der Waals surface area (Å²) in [5.41, 5.74) is 2.21. The molecule has 19 heavy (non-hydrogen) atoms. The smallest absolute Gasteiger partial charge is 0.227 e. The van der Waals surface area contributed by atoms with Crippen LogP contribution in [0.3, 0.4) is 0 Å². The normalized spacial score (nSPS) is 17.0. The van der Waals surface area contributed by atoms with Gasteiger partial charge in [0.15, 0.2) is 0 Å². The fourth-order valence-electron chi connectivity index (χ4n) is 2.55. The van der Waals surface area contributed by atoms with Crippen LogP contribution in [0.4, 0.5) is 0 Å². The van der Waals surface area contributed by atoms with Crippen molar-refractivity contribution in [3.05, 3.63) is 36.0 Å². The number of H-pyrrole nitrogens is 1. The first-order chi connectivity index (χ1) is 9.22. The lowest BCUT2D eigenvalue weighted by atomic mass is 10.1. The van der Waals surface area contributed by atoms with Crippen molar-refractivity contribution >= 4 is 16.8 Å². The van der Waals surface area contributed by atoms with Gasteiger partial charge in [-0.05, 0) is 36.2 Å². The zero-order valence-corrected chi connectivity index (χ0v) is 11.2. The molecule has 1 aromatic carbocycles. The maximum absolute atomic E-state index is 12.2. The molecule has 2 heterocycles. The third-order valence-corrected chi connectivity index (χ3v) is 3.83. The Morgan fingerprint density at radius 1 is 1.21 bits per heavy atom. The van der Waals surface area contributed by atoms with Gasteiger partial charge in [0.1, 0.15) is 0 Å². The molecule has 0 unspecified atom stereocenters. The van der Waals surface area contributed by atoms with E-state index in [1.54, 1.807) is 0 Å². The fraction of sp³-hybridized carbons (Fsp3) is 0.400. The van der Waals surface area contributed by atoms with E-state index >= 15 is 0 Å². The molecule has 0 radical (unpaired) electrons. The summed E-state index contributed by atoms with van der Waals surface area (Å²) in [6.45, 7) is 3.65. The van der Waals surface area contributed by atoms with Crippen LogP contribution in [-0.2, 0) is 11.2 Å². The molecular weight excluding hydrogens is 238 g/mol. The quantitative estimate of drug-likeness (QED) is 0.885. The summed E-state index contributed by atoms with van der Waals surface area (Å²) in [6, 6.07) is 8.22. The second kappa shape index (κ2) is 5.05. The lowest BCUT2D eigenvalue weighted by Crippen LogP contribution is -2.47. The largest absolute Gasteiger partial charge is 0.361 e. The lowest BCUT2D eigenvalue weighted by Gasteiger charge is -2.32. The Bertz CT molecular complexity index is 582. The van der Waals surface area contributed by atoms with Crippen molar-refractivity contribution in [1.82, 2.24) is 14.8 Å². The highest BCUT2D eigenvalue weighted by molar-refractivity contribution is 5.83. The highest BCUT2D eigenvalue weighted by Gasteiger charge is 2.19. The molecule has 0 aliphatic carbocycles. The number of rotatable bonds is 2. The summed E-state index contributed by atoms with van der Waals surface area (Å²) >= 11 is 0. The van der Waals surface area contributed by atoms with Crippen molar-refractivity contribution in [2.24, 2.45) is 0 Å². The monoisotopic (exact) mass is 257 g/mol. The number of benzene rings is 1. The Balaban J connectivity index is 1.68. The van der Waals surface area contributed by atoms with Crippen molar-refractivity contribution in [3.63, 3.8) is 0 Å². The number of hydrogen-bond acceptors (Lipinski definition) is 2. The first-order valence-electron chi connectivity index (χ1n) is 6.75. The van der Waals surface area contributed by atoms with E-state index in [4.69, 9.17) is 0 Å². The van der Waals surface area contributed by atoms with Gasteiger partial charge >= 0.3 is 0 Å². The average molecular weight is 257 g/mol. The molecular formula is C15H19N3O. The minimum absolute atomic E-state index is 0.239. The van der Waals surface area contributed by atoms with E-state index < -0.39 is 0 Å². The second-order valence-electron chi connectivity index (χ2n) is 5.26. The summed E-state index contributed by atoms with van der Waals surface area (Å²) in [6.07, 6.45) is 2.43. The van der Waals surface area contributed by atoms with Gasteiger partial charge in [-0.15, -0.1) is 0 Å². The number of hydrogen-bond donors (Lipinski definition) is 1. The minimum Gasteiger partial charge on any atom is -0.361 e. The zero-order chi connectivity index (χ0) is 13.2. The summed E-state index contributed by atoms with van der Waals surface area (Å²) in [7, 11) is 2.10. The Morgan fingerprint density at radius 3 is 2.79 bits per heavy atom. The highest BCUT2D eigenvalue weighted by Crippen LogP contribution is 2.15.